The Bertz CT molecular complexity index is 661. The van der Waals surface area contributed by atoms with E-state index in [4.69, 9.17) is 13.9 Å². The van der Waals surface area contributed by atoms with Crippen LogP contribution in [-0.2, 0) is 10.5 Å². The van der Waals surface area contributed by atoms with Gasteiger partial charge < -0.3 is 19.2 Å². The number of furan rings is 1. The third-order valence-corrected chi connectivity index (χ3v) is 5.48. The number of carbonyl (C=O) groups is 1. The maximum atomic E-state index is 12.2. The highest BCUT2D eigenvalue weighted by Crippen LogP contribution is 2.33. The largest absolute Gasteiger partial charge is 0.493 e. The van der Waals surface area contributed by atoms with E-state index in [0.29, 0.717) is 18.0 Å². The zero-order valence-electron chi connectivity index (χ0n) is 14.6. The number of nitrogens with one attached hydrogen (secondary N) is 1. The molecule has 136 valence electrons. The van der Waals surface area contributed by atoms with Gasteiger partial charge in [-0.3, -0.25) is 4.79 Å². The van der Waals surface area contributed by atoms with Crippen molar-refractivity contribution in [3.63, 3.8) is 0 Å². The lowest BCUT2D eigenvalue weighted by Crippen LogP contribution is -2.32. The predicted octanol–water partition coefficient (Wildman–Crippen LogP) is 3.83. The fourth-order valence-corrected chi connectivity index (χ4v) is 3.78. The molecule has 0 radical (unpaired) electrons. The van der Waals surface area contributed by atoms with Crippen LogP contribution in [0.1, 0.15) is 12.7 Å². The molecule has 1 N–H and O–H groups in total. The summed E-state index contributed by atoms with van der Waals surface area (Å²) in [6, 6.07) is 9.48. The van der Waals surface area contributed by atoms with Gasteiger partial charge >= 0.3 is 0 Å². The Morgan fingerprint density at radius 2 is 2.04 bits per heavy atom. The van der Waals surface area contributed by atoms with Gasteiger partial charge in [0.1, 0.15) is 5.76 Å². The molecule has 0 aliphatic rings. The van der Waals surface area contributed by atoms with Crippen LogP contribution in [0.5, 0.6) is 11.5 Å². The number of thioether (sulfide) groups is 2. The molecule has 7 heteroatoms. The first-order valence-corrected chi connectivity index (χ1v) is 9.94. The van der Waals surface area contributed by atoms with Crippen LogP contribution in [0.25, 0.3) is 0 Å². The monoisotopic (exact) mass is 381 g/mol. The summed E-state index contributed by atoms with van der Waals surface area (Å²) in [4.78, 5) is 13.2. The molecule has 0 spiro atoms. The molecule has 1 atom stereocenters. The lowest BCUT2D eigenvalue weighted by Gasteiger charge is -2.13. The summed E-state index contributed by atoms with van der Waals surface area (Å²) in [5, 5.41) is 2.78. The van der Waals surface area contributed by atoms with E-state index in [-0.39, 0.29) is 11.2 Å². The number of benzene rings is 1. The molecular weight excluding hydrogens is 358 g/mol. The summed E-state index contributed by atoms with van der Waals surface area (Å²) >= 11 is 3.22. The van der Waals surface area contributed by atoms with Gasteiger partial charge in [-0.05, 0) is 37.3 Å². The number of amides is 1. The van der Waals surface area contributed by atoms with Gasteiger partial charge in [0.05, 0.1) is 31.5 Å². The third-order valence-electron chi connectivity index (χ3n) is 3.41. The Morgan fingerprint density at radius 1 is 1.24 bits per heavy atom. The van der Waals surface area contributed by atoms with E-state index in [2.05, 4.69) is 5.32 Å². The summed E-state index contributed by atoms with van der Waals surface area (Å²) in [5.74, 6) is 3.98. The van der Waals surface area contributed by atoms with Crippen molar-refractivity contribution in [1.29, 1.82) is 0 Å². The van der Waals surface area contributed by atoms with E-state index in [1.54, 1.807) is 32.2 Å². The van der Waals surface area contributed by atoms with E-state index in [1.165, 1.54) is 11.8 Å². The normalized spacial score (nSPS) is 11.8. The molecule has 1 aromatic heterocycles. The molecule has 1 aromatic carbocycles. The molecule has 2 aromatic rings. The van der Waals surface area contributed by atoms with E-state index in [0.717, 1.165) is 22.2 Å². The van der Waals surface area contributed by atoms with Crippen molar-refractivity contribution in [1.82, 2.24) is 5.32 Å². The molecule has 0 unspecified atom stereocenters. The topological polar surface area (TPSA) is 60.7 Å². The Balaban J connectivity index is 1.72. The first-order valence-electron chi connectivity index (χ1n) is 7.90. The minimum atomic E-state index is -0.187. The zero-order valence-corrected chi connectivity index (χ0v) is 16.2. The predicted molar refractivity (Wildman–Crippen MR) is 103 cm³/mol. The van der Waals surface area contributed by atoms with Gasteiger partial charge in [-0.2, -0.15) is 11.8 Å². The minimum Gasteiger partial charge on any atom is -0.493 e. The van der Waals surface area contributed by atoms with Crippen LogP contribution in [0, 0.1) is 0 Å². The molecule has 0 aliphatic carbocycles. The van der Waals surface area contributed by atoms with Crippen molar-refractivity contribution in [3.8, 4) is 11.5 Å². The molecule has 0 aliphatic heterocycles. The second-order valence-electron chi connectivity index (χ2n) is 5.20. The van der Waals surface area contributed by atoms with E-state index >= 15 is 0 Å². The van der Waals surface area contributed by atoms with Crippen molar-refractivity contribution in [2.75, 3.05) is 26.5 Å². The molecule has 1 amide bonds. The van der Waals surface area contributed by atoms with Crippen LogP contribution >= 0.6 is 23.5 Å². The second-order valence-corrected chi connectivity index (χ2v) is 7.72. The Kier molecular flexibility index (Phi) is 8.08. The average Bonchev–Trinajstić information content (AvgIpc) is 3.14. The van der Waals surface area contributed by atoms with E-state index in [1.807, 2.05) is 37.3 Å². The number of carbonyl (C=O) groups excluding carboxylic acids is 1. The molecule has 0 saturated carbocycles. The summed E-state index contributed by atoms with van der Waals surface area (Å²) in [7, 11) is 3.20. The number of rotatable bonds is 10. The van der Waals surface area contributed by atoms with Crippen molar-refractivity contribution in [2.24, 2.45) is 0 Å². The molecule has 0 bridgehead atoms. The summed E-state index contributed by atoms with van der Waals surface area (Å²) in [6.07, 6.45) is 1.67. The lowest BCUT2D eigenvalue weighted by molar-refractivity contribution is -0.120. The summed E-state index contributed by atoms with van der Waals surface area (Å²) < 4.78 is 15.8. The molecule has 5 nitrogen and oxygen atoms in total. The maximum Gasteiger partial charge on any atom is 0.233 e. The quantitative estimate of drug-likeness (QED) is 0.499. The zero-order chi connectivity index (χ0) is 18.1. The van der Waals surface area contributed by atoms with Gasteiger partial charge in [0.2, 0.25) is 5.91 Å². The Morgan fingerprint density at radius 3 is 2.72 bits per heavy atom. The van der Waals surface area contributed by atoms with Gasteiger partial charge in [0.15, 0.2) is 11.5 Å². The molecule has 0 saturated heterocycles. The van der Waals surface area contributed by atoms with Gasteiger partial charge in [-0.15, -0.1) is 11.8 Å². The van der Waals surface area contributed by atoms with Crippen molar-refractivity contribution in [2.45, 2.75) is 22.8 Å². The van der Waals surface area contributed by atoms with Gasteiger partial charge in [0.25, 0.3) is 0 Å². The first kappa shape index (κ1) is 19.6. The van der Waals surface area contributed by atoms with Crippen LogP contribution in [0.3, 0.4) is 0 Å². The van der Waals surface area contributed by atoms with E-state index in [9.17, 15) is 4.79 Å². The fraction of sp³-hybridized carbons (Fsp3) is 0.389. The number of ether oxygens (including phenoxy) is 2. The van der Waals surface area contributed by atoms with Crippen LogP contribution in [-0.4, -0.2) is 37.7 Å². The van der Waals surface area contributed by atoms with Crippen molar-refractivity contribution in [3.05, 3.63) is 42.4 Å². The SMILES string of the molecule is COc1ccc(S[C@@H](C)C(=O)NCCSCc2ccco2)cc1OC. The van der Waals surface area contributed by atoms with Crippen LogP contribution in [0.2, 0.25) is 0 Å². The lowest BCUT2D eigenvalue weighted by atomic mass is 10.3. The van der Waals surface area contributed by atoms with Crippen molar-refractivity contribution < 1.29 is 18.7 Å². The van der Waals surface area contributed by atoms with Crippen molar-refractivity contribution >= 4 is 29.4 Å². The van der Waals surface area contributed by atoms with Crippen LogP contribution in [0.15, 0.2) is 45.9 Å². The van der Waals surface area contributed by atoms with Crippen LogP contribution < -0.4 is 14.8 Å². The highest BCUT2D eigenvalue weighted by atomic mass is 32.2. The minimum absolute atomic E-state index is 0.0263. The molecular formula is C18H23NO4S2. The highest BCUT2D eigenvalue weighted by molar-refractivity contribution is 8.00. The summed E-state index contributed by atoms with van der Waals surface area (Å²) in [5.41, 5.74) is 0. The first-order chi connectivity index (χ1) is 12.1. The van der Waals surface area contributed by atoms with Crippen LogP contribution in [0.4, 0.5) is 0 Å². The number of methoxy groups -OCH3 is 2. The fourth-order valence-electron chi connectivity index (χ4n) is 2.11. The van der Waals surface area contributed by atoms with E-state index < -0.39 is 0 Å². The standard InChI is InChI=1S/C18H23NO4S2/c1-13(25-15-6-7-16(21-2)17(11-15)22-3)18(20)19-8-10-24-12-14-5-4-9-23-14/h4-7,9,11,13H,8,10,12H2,1-3H3,(H,19,20)/t13-/m0/s1. The smallest absolute Gasteiger partial charge is 0.233 e. The maximum absolute atomic E-state index is 12.2. The van der Waals surface area contributed by atoms with Gasteiger partial charge in [-0.1, -0.05) is 0 Å². The molecule has 1 heterocycles. The third kappa shape index (κ3) is 6.25. The van der Waals surface area contributed by atoms with Gasteiger partial charge in [-0.25, -0.2) is 0 Å². The second kappa shape index (κ2) is 10.3. The Hall–Kier alpha value is -1.73. The Labute approximate surface area is 156 Å². The molecule has 25 heavy (non-hydrogen) atoms. The summed E-state index contributed by atoms with van der Waals surface area (Å²) in [6.45, 7) is 2.54. The average molecular weight is 382 g/mol. The molecule has 0 fully saturated rings. The highest BCUT2D eigenvalue weighted by Gasteiger charge is 2.15. The number of hydrogen-bond donors (Lipinski definition) is 1. The molecule has 2 rings (SSSR count). The van der Waals surface area contributed by atoms with Gasteiger partial charge in [0, 0.05) is 17.2 Å². The number of hydrogen-bond acceptors (Lipinski definition) is 6.